The monoisotopic (exact) mass is 603 g/mol. The number of H-pyrrole nitrogens is 3. The average Bonchev–Trinajstić information content (AvgIpc) is 3.71. The number of anilines is 2. The summed E-state index contributed by atoms with van der Waals surface area (Å²) < 4.78 is 0. The summed E-state index contributed by atoms with van der Waals surface area (Å²) in [7, 11) is 2.10. The Morgan fingerprint density at radius 1 is 0.689 bits per heavy atom. The van der Waals surface area contributed by atoms with Gasteiger partial charge in [0.15, 0.2) is 11.3 Å². The number of aryl methyl sites for hydroxylation is 7. The first kappa shape index (κ1) is 31.1. The third-order valence-electron chi connectivity index (χ3n) is 7.46. The molecule has 0 radical (unpaired) electrons. The van der Waals surface area contributed by atoms with E-state index in [9.17, 15) is 0 Å². The largest absolute Gasteiger partial charge is 0.370 e. The predicted octanol–water partition coefficient (Wildman–Crippen LogP) is 6.58. The zero-order valence-corrected chi connectivity index (χ0v) is 27.2. The lowest BCUT2D eigenvalue weighted by Crippen LogP contribution is -2.30. The highest BCUT2D eigenvalue weighted by atomic mass is 15.2. The highest BCUT2D eigenvalue weighted by molar-refractivity contribution is 5.80. The lowest BCUT2D eigenvalue weighted by atomic mass is 10.2. The minimum Gasteiger partial charge on any atom is -0.370 e. The zero-order valence-electron chi connectivity index (χ0n) is 27.2. The molecule has 0 aromatic carbocycles. The predicted molar refractivity (Wildman–Crippen MR) is 183 cm³/mol. The maximum absolute atomic E-state index is 4.34. The molecule has 232 valence electrons. The van der Waals surface area contributed by atoms with Crippen molar-refractivity contribution in [1.82, 2.24) is 45.1 Å². The molecule has 11 heteroatoms. The molecule has 0 saturated heterocycles. The molecule has 7 aromatic heterocycles. The van der Waals surface area contributed by atoms with Gasteiger partial charge in [0.25, 0.3) is 0 Å². The standard InChI is InChI=1S/C9H13N3.C9H10N2.2C8H9N3/c1-7-5-8-9(11-6-7)10-3-4-12(8)2;1-6-3-8-7(2)5-11-9(8)10-4-6;1-5-3-9-8-7(5)11-6(2)4-10-8;1-5-3-7-6(2)10-11-8(7)9-4-5/h5-6H,3-4H2,1-2H3,(H,10,11);3-5H,1-2H3,(H,10,11);3-4H,1-2H3,(H,9,10);3-4H,1-2H3,(H,9,10,11). The summed E-state index contributed by atoms with van der Waals surface area (Å²) in [4.78, 5) is 29.6. The average molecular weight is 604 g/mol. The number of likely N-dealkylation sites (N-methyl/N-ethyl adjacent to an activating group) is 1. The molecular formula is C34H41N11. The molecule has 0 spiro atoms. The smallest absolute Gasteiger partial charge is 0.181 e. The Morgan fingerprint density at radius 3 is 2.13 bits per heavy atom. The fourth-order valence-corrected chi connectivity index (χ4v) is 4.91. The number of nitrogens with one attached hydrogen (secondary N) is 4. The number of pyridine rings is 3. The molecule has 0 atom stereocenters. The molecule has 11 nitrogen and oxygen atoms in total. The van der Waals surface area contributed by atoms with Gasteiger partial charge in [0.1, 0.15) is 17.0 Å². The molecule has 0 saturated carbocycles. The summed E-state index contributed by atoms with van der Waals surface area (Å²) in [5.74, 6) is 1.01. The molecule has 1 aliphatic heterocycles. The zero-order chi connectivity index (χ0) is 32.1. The second kappa shape index (κ2) is 13.5. The summed E-state index contributed by atoms with van der Waals surface area (Å²) in [6.07, 6.45) is 11.3. The van der Waals surface area contributed by atoms with Gasteiger partial charge in [0.05, 0.1) is 17.6 Å². The van der Waals surface area contributed by atoms with Crippen LogP contribution in [0.25, 0.3) is 33.2 Å². The van der Waals surface area contributed by atoms with Crippen LogP contribution in [0.2, 0.25) is 0 Å². The van der Waals surface area contributed by atoms with Gasteiger partial charge >= 0.3 is 0 Å². The maximum atomic E-state index is 4.34. The quantitative estimate of drug-likeness (QED) is 0.152. The molecule has 4 N–H and O–H groups in total. The van der Waals surface area contributed by atoms with Crippen molar-refractivity contribution in [1.29, 1.82) is 0 Å². The lowest BCUT2D eigenvalue weighted by molar-refractivity contribution is 0.872. The molecule has 8 rings (SSSR count). The SMILES string of the molecule is Cc1cnc2[nH]cc(C)c2c1.Cc1cnc2[nH]cc(C)c2n1.Cc1cnc2c(c1)N(C)CCN2.Cc1cnc2n[nH]c(C)c2c1. The fraction of sp³-hybridized carbons (Fsp3) is 0.294. The second-order valence-electron chi connectivity index (χ2n) is 11.5. The summed E-state index contributed by atoms with van der Waals surface area (Å²) in [6.45, 7) is 16.2. The molecule has 45 heavy (non-hydrogen) atoms. The van der Waals surface area contributed by atoms with E-state index in [0.29, 0.717) is 0 Å². The second-order valence-corrected chi connectivity index (χ2v) is 11.5. The Balaban J connectivity index is 0.000000119. The van der Waals surface area contributed by atoms with Crippen LogP contribution in [0, 0.1) is 48.5 Å². The number of nitrogens with zero attached hydrogens (tertiary/aromatic N) is 7. The van der Waals surface area contributed by atoms with E-state index in [1.54, 1.807) is 6.20 Å². The van der Waals surface area contributed by atoms with Crippen molar-refractivity contribution in [3.63, 3.8) is 0 Å². The molecular weight excluding hydrogens is 562 g/mol. The van der Waals surface area contributed by atoms with Crippen LogP contribution in [0.5, 0.6) is 0 Å². The van der Waals surface area contributed by atoms with Crippen molar-refractivity contribution >= 4 is 44.7 Å². The molecule has 7 aromatic rings. The number of hydrogen-bond donors (Lipinski definition) is 4. The van der Waals surface area contributed by atoms with E-state index in [0.717, 1.165) is 63.7 Å². The van der Waals surface area contributed by atoms with Gasteiger partial charge in [-0.05, 0) is 94.5 Å². The summed E-state index contributed by atoms with van der Waals surface area (Å²) in [5.41, 5.74) is 12.9. The van der Waals surface area contributed by atoms with Crippen molar-refractivity contribution in [3.05, 3.63) is 94.6 Å². The van der Waals surface area contributed by atoms with E-state index in [1.807, 2.05) is 58.7 Å². The van der Waals surface area contributed by atoms with Crippen molar-refractivity contribution in [2.24, 2.45) is 0 Å². The number of aromatic nitrogens is 9. The van der Waals surface area contributed by atoms with E-state index in [1.165, 1.54) is 33.3 Å². The first-order valence-electron chi connectivity index (χ1n) is 15.0. The molecule has 1 aliphatic rings. The summed E-state index contributed by atoms with van der Waals surface area (Å²) in [5, 5.41) is 12.5. The topological polar surface area (TPSA) is 140 Å². The first-order chi connectivity index (χ1) is 21.6. The lowest BCUT2D eigenvalue weighted by Gasteiger charge is -2.27. The molecule has 0 aliphatic carbocycles. The van der Waals surface area contributed by atoms with Gasteiger partial charge in [0, 0.05) is 67.6 Å². The molecule has 0 bridgehead atoms. The Hall–Kier alpha value is -5.32. The van der Waals surface area contributed by atoms with Crippen LogP contribution < -0.4 is 10.2 Å². The maximum Gasteiger partial charge on any atom is 0.181 e. The Labute approximate surface area is 263 Å². The van der Waals surface area contributed by atoms with Gasteiger partial charge < -0.3 is 20.2 Å². The number of hydrogen-bond acceptors (Lipinski definition) is 8. The Morgan fingerprint density at radius 2 is 1.33 bits per heavy atom. The van der Waals surface area contributed by atoms with Gasteiger partial charge in [-0.15, -0.1) is 0 Å². The number of aromatic amines is 3. The van der Waals surface area contributed by atoms with Crippen LogP contribution in [-0.4, -0.2) is 65.2 Å². The van der Waals surface area contributed by atoms with Gasteiger partial charge in [-0.1, -0.05) is 0 Å². The third kappa shape index (κ3) is 7.43. The van der Waals surface area contributed by atoms with E-state index in [4.69, 9.17) is 0 Å². The van der Waals surface area contributed by atoms with Gasteiger partial charge in [-0.25, -0.2) is 24.9 Å². The van der Waals surface area contributed by atoms with Crippen LogP contribution in [0.1, 0.15) is 39.2 Å². The van der Waals surface area contributed by atoms with E-state index in [-0.39, 0.29) is 0 Å². The first-order valence-corrected chi connectivity index (χ1v) is 15.0. The van der Waals surface area contributed by atoms with Crippen molar-refractivity contribution < 1.29 is 0 Å². The van der Waals surface area contributed by atoms with Crippen molar-refractivity contribution in [2.45, 2.75) is 48.5 Å². The van der Waals surface area contributed by atoms with Crippen molar-refractivity contribution in [2.75, 3.05) is 30.4 Å². The number of rotatable bonds is 0. The third-order valence-corrected chi connectivity index (χ3v) is 7.46. The minimum absolute atomic E-state index is 0.799. The molecule has 0 amide bonds. The van der Waals surface area contributed by atoms with Crippen LogP contribution >= 0.6 is 0 Å². The van der Waals surface area contributed by atoms with E-state index < -0.39 is 0 Å². The van der Waals surface area contributed by atoms with Crippen LogP contribution in [-0.2, 0) is 0 Å². The van der Waals surface area contributed by atoms with Crippen LogP contribution in [0.3, 0.4) is 0 Å². The van der Waals surface area contributed by atoms with Crippen LogP contribution in [0.4, 0.5) is 11.5 Å². The highest BCUT2D eigenvalue weighted by Gasteiger charge is 2.13. The van der Waals surface area contributed by atoms with E-state index in [2.05, 4.69) is 101 Å². The van der Waals surface area contributed by atoms with Gasteiger partial charge in [-0.3, -0.25) is 5.10 Å². The fourth-order valence-electron chi connectivity index (χ4n) is 4.91. The molecule has 8 heterocycles. The minimum atomic E-state index is 0.799. The van der Waals surface area contributed by atoms with Crippen molar-refractivity contribution in [3.8, 4) is 0 Å². The Bertz CT molecular complexity index is 1870. The normalized spacial score (nSPS) is 12.0. The molecule has 0 unspecified atom stereocenters. The van der Waals surface area contributed by atoms with E-state index >= 15 is 0 Å². The Kier molecular flexibility index (Phi) is 9.36. The van der Waals surface area contributed by atoms with Gasteiger partial charge in [-0.2, -0.15) is 5.10 Å². The highest BCUT2D eigenvalue weighted by Crippen LogP contribution is 2.25. The summed E-state index contributed by atoms with van der Waals surface area (Å²) >= 11 is 0. The van der Waals surface area contributed by atoms with Gasteiger partial charge in [0.2, 0.25) is 0 Å². The molecule has 0 fully saturated rings. The number of fused-ring (bicyclic) bond motifs is 4. The van der Waals surface area contributed by atoms with Crippen LogP contribution in [0.15, 0.2) is 55.4 Å². The summed E-state index contributed by atoms with van der Waals surface area (Å²) in [6, 6.07) is 6.39.